The SMILES string of the molecule is N[C@@H]1C[C@H](N)CN(c2nc(Nc3ccc(C(=O)Oc4ccccc4)c(O)c3)nc(N3C[C@H](O)C[C@@H](O)C3)n2)C1. The zero-order valence-electron chi connectivity index (χ0n) is 21.2. The Kier molecular flexibility index (Phi) is 7.74. The number of anilines is 4. The van der Waals surface area contributed by atoms with E-state index in [1.807, 2.05) is 4.90 Å². The molecule has 8 N–H and O–H groups in total. The molecule has 39 heavy (non-hydrogen) atoms. The van der Waals surface area contributed by atoms with Gasteiger partial charge in [0.05, 0.1) is 12.2 Å². The van der Waals surface area contributed by atoms with Crippen LogP contribution in [-0.4, -0.2) is 86.7 Å². The van der Waals surface area contributed by atoms with E-state index in [1.54, 1.807) is 41.3 Å². The third-order valence-electron chi connectivity index (χ3n) is 6.53. The summed E-state index contributed by atoms with van der Waals surface area (Å²) >= 11 is 0. The Morgan fingerprint density at radius 2 is 1.49 bits per heavy atom. The number of piperidine rings is 2. The minimum Gasteiger partial charge on any atom is -0.507 e. The molecule has 2 aliphatic heterocycles. The number of aliphatic hydroxyl groups excluding tert-OH is 2. The zero-order valence-corrected chi connectivity index (χ0v) is 21.2. The number of nitrogens with one attached hydrogen (secondary N) is 1. The molecular formula is C26H32N8O5. The van der Waals surface area contributed by atoms with Crippen molar-refractivity contribution in [3.05, 3.63) is 54.1 Å². The highest BCUT2D eigenvalue weighted by atomic mass is 16.5. The van der Waals surface area contributed by atoms with Crippen LogP contribution in [0.25, 0.3) is 0 Å². The Morgan fingerprint density at radius 3 is 2.10 bits per heavy atom. The van der Waals surface area contributed by atoms with Crippen molar-refractivity contribution in [3.63, 3.8) is 0 Å². The summed E-state index contributed by atoms with van der Waals surface area (Å²) in [6, 6.07) is 12.7. The maximum Gasteiger partial charge on any atom is 0.347 e. The van der Waals surface area contributed by atoms with Crippen molar-refractivity contribution >= 4 is 29.5 Å². The number of phenolic OH excluding ortho intramolecular Hbond substituents is 1. The van der Waals surface area contributed by atoms with Crippen LogP contribution in [0, 0.1) is 0 Å². The summed E-state index contributed by atoms with van der Waals surface area (Å²) in [4.78, 5) is 29.8. The molecule has 0 unspecified atom stereocenters. The van der Waals surface area contributed by atoms with Crippen LogP contribution in [0.1, 0.15) is 23.2 Å². The summed E-state index contributed by atoms with van der Waals surface area (Å²) in [5, 5.41) is 34.0. The lowest BCUT2D eigenvalue weighted by atomic mass is 10.0. The number of carbonyl (C=O) groups excluding carboxylic acids is 1. The molecule has 1 aromatic heterocycles. The van der Waals surface area contributed by atoms with Crippen molar-refractivity contribution in [2.24, 2.45) is 11.5 Å². The number of β-amino-alcohol motifs (C(OH)–C–C–N with tert-alkyl or cyclic N) is 2. The van der Waals surface area contributed by atoms with E-state index < -0.39 is 18.2 Å². The normalized spacial score (nSPS) is 23.4. The van der Waals surface area contributed by atoms with Gasteiger partial charge in [-0.15, -0.1) is 0 Å². The van der Waals surface area contributed by atoms with Crippen LogP contribution in [0.3, 0.4) is 0 Å². The number of hydrogen-bond acceptors (Lipinski definition) is 13. The first kappa shape index (κ1) is 26.6. The van der Waals surface area contributed by atoms with Gasteiger partial charge in [-0.25, -0.2) is 4.79 Å². The van der Waals surface area contributed by atoms with Crippen LogP contribution in [0.2, 0.25) is 0 Å². The number of esters is 1. The Hall–Kier alpha value is -4.04. The van der Waals surface area contributed by atoms with E-state index in [1.165, 1.54) is 12.1 Å². The van der Waals surface area contributed by atoms with Crippen LogP contribution in [0.15, 0.2) is 48.5 Å². The first-order valence-electron chi connectivity index (χ1n) is 12.7. The van der Waals surface area contributed by atoms with Gasteiger partial charge in [0.2, 0.25) is 17.8 Å². The molecule has 13 heteroatoms. The lowest BCUT2D eigenvalue weighted by Gasteiger charge is -2.36. The quantitative estimate of drug-likeness (QED) is 0.186. The van der Waals surface area contributed by atoms with Crippen LogP contribution < -0.4 is 31.3 Å². The van der Waals surface area contributed by atoms with E-state index in [2.05, 4.69) is 20.3 Å². The van der Waals surface area contributed by atoms with Crippen molar-refractivity contribution in [2.45, 2.75) is 37.1 Å². The van der Waals surface area contributed by atoms with Crippen molar-refractivity contribution < 1.29 is 24.9 Å². The molecule has 5 rings (SSSR count). The molecule has 2 saturated heterocycles. The first-order valence-corrected chi connectivity index (χ1v) is 12.7. The number of aromatic nitrogens is 3. The van der Waals surface area contributed by atoms with Gasteiger partial charge >= 0.3 is 5.97 Å². The molecule has 2 aromatic carbocycles. The number of ether oxygens (including phenoxy) is 1. The molecule has 0 saturated carbocycles. The van der Waals surface area contributed by atoms with Gasteiger partial charge in [-0.1, -0.05) is 18.2 Å². The van der Waals surface area contributed by atoms with Crippen molar-refractivity contribution in [1.29, 1.82) is 0 Å². The molecule has 2 aliphatic rings. The average molecular weight is 537 g/mol. The Bertz CT molecular complexity index is 1250. The van der Waals surface area contributed by atoms with Crippen molar-refractivity contribution in [2.75, 3.05) is 41.3 Å². The topological polar surface area (TPSA) is 196 Å². The molecule has 2 fully saturated rings. The lowest BCUT2D eigenvalue weighted by Crippen LogP contribution is -2.53. The minimum atomic E-state index is -0.734. The van der Waals surface area contributed by atoms with E-state index in [4.69, 9.17) is 16.2 Å². The predicted molar refractivity (Wildman–Crippen MR) is 144 cm³/mol. The number of rotatable bonds is 6. The van der Waals surface area contributed by atoms with Gasteiger partial charge in [0, 0.05) is 56.4 Å². The van der Waals surface area contributed by atoms with E-state index in [-0.39, 0.29) is 54.8 Å². The number of para-hydroxylation sites is 1. The second-order valence-corrected chi connectivity index (χ2v) is 9.93. The number of nitrogens with zero attached hydrogens (tertiary/aromatic N) is 5. The van der Waals surface area contributed by atoms with Gasteiger partial charge in [0.1, 0.15) is 17.1 Å². The highest BCUT2D eigenvalue weighted by molar-refractivity contribution is 5.94. The zero-order chi connectivity index (χ0) is 27.5. The number of aromatic hydroxyl groups is 1. The molecule has 13 nitrogen and oxygen atoms in total. The van der Waals surface area contributed by atoms with Crippen LogP contribution in [-0.2, 0) is 0 Å². The van der Waals surface area contributed by atoms with Crippen LogP contribution in [0.5, 0.6) is 11.5 Å². The predicted octanol–water partition coefficient (Wildman–Crippen LogP) is 0.337. The van der Waals surface area contributed by atoms with Gasteiger partial charge in [0.15, 0.2) is 0 Å². The van der Waals surface area contributed by atoms with E-state index >= 15 is 0 Å². The molecule has 0 radical (unpaired) electrons. The second kappa shape index (κ2) is 11.4. The first-order chi connectivity index (χ1) is 18.7. The number of aliphatic hydroxyl groups is 2. The summed E-state index contributed by atoms with van der Waals surface area (Å²) in [5.41, 5.74) is 12.8. The highest BCUT2D eigenvalue weighted by Gasteiger charge is 2.29. The molecule has 0 spiro atoms. The van der Waals surface area contributed by atoms with Crippen LogP contribution >= 0.6 is 0 Å². The number of nitrogens with two attached hydrogens (primary N) is 2. The maximum atomic E-state index is 12.5. The third-order valence-corrected chi connectivity index (χ3v) is 6.53. The molecule has 206 valence electrons. The van der Waals surface area contributed by atoms with Crippen LogP contribution in [0.4, 0.5) is 23.5 Å². The standard InChI is InChI=1S/C26H32N8O5/c27-15-8-16(28)12-33(11-15)25-30-24(31-26(32-25)34-13-18(35)10-19(36)14-34)29-17-6-7-21(22(37)9-17)23(38)39-20-4-2-1-3-5-20/h1-7,9,15-16,18-19,35-37H,8,10-14,27-28H2,(H,29,30,31,32)/t15-,16+,18-,19-/m1/s1. The van der Waals surface area contributed by atoms with E-state index in [9.17, 15) is 20.1 Å². The number of phenols is 1. The Balaban J connectivity index is 1.41. The van der Waals surface area contributed by atoms with Gasteiger partial charge < -0.3 is 46.6 Å². The minimum absolute atomic E-state index is 0.00554. The summed E-state index contributed by atoms with van der Waals surface area (Å²) in [5.74, 6) is 0.145. The van der Waals surface area contributed by atoms with Gasteiger partial charge in [-0.05, 0) is 30.7 Å². The fourth-order valence-electron chi connectivity index (χ4n) is 4.81. The molecule has 0 bridgehead atoms. The summed E-state index contributed by atoms with van der Waals surface area (Å²) < 4.78 is 5.32. The molecule has 3 aromatic rings. The van der Waals surface area contributed by atoms with E-state index in [0.29, 0.717) is 36.9 Å². The largest absolute Gasteiger partial charge is 0.507 e. The average Bonchev–Trinajstić information content (AvgIpc) is 2.88. The van der Waals surface area contributed by atoms with E-state index in [0.717, 1.165) is 0 Å². The second-order valence-electron chi connectivity index (χ2n) is 9.93. The maximum absolute atomic E-state index is 12.5. The monoisotopic (exact) mass is 536 g/mol. The summed E-state index contributed by atoms with van der Waals surface area (Å²) in [7, 11) is 0. The molecule has 4 atom stereocenters. The number of carbonyl (C=O) groups is 1. The van der Waals surface area contributed by atoms with Gasteiger partial charge in [-0.2, -0.15) is 15.0 Å². The van der Waals surface area contributed by atoms with Crippen molar-refractivity contribution in [1.82, 2.24) is 15.0 Å². The highest BCUT2D eigenvalue weighted by Crippen LogP contribution is 2.28. The fourth-order valence-corrected chi connectivity index (χ4v) is 4.81. The lowest BCUT2D eigenvalue weighted by molar-refractivity contribution is 0.0644. The number of benzene rings is 2. The van der Waals surface area contributed by atoms with Gasteiger partial charge in [0.25, 0.3) is 0 Å². The van der Waals surface area contributed by atoms with Gasteiger partial charge in [-0.3, -0.25) is 0 Å². The fraction of sp³-hybridized carbons (Fsp3) is 0.385. The Labute approximate surface area is 225 Å². The Morgan fingerprint density at radius 1 is 0.872 bits per heavy atom. The molecule has 0 aliphatic carbocycles. The molecule has 0 amide bonds. The molecular weight excluding hydrogens is 504 g/mol. The van der Waals surface area contributed by atoms with Crippen molar-refractivity contribution in [3.8, 4) is 11.5 Å². The smallest absolute Gasteiger partial charge is 0.347 e. The summed E-state index contributed by atoms with van der Waals surface area (Å²) in [6.07, 6.45) is -0.513. The number of hydrogen-bond donors (Lipinski definition) is 6. The third kappa shape index (κ3) is 6.52. The summed E-state index contributed by atoms with van der Waals surface area (Å²) in [6.45, 7) is 1.50. The molecule has 3 heterocycles.